The Balaban J connectivity index is 1.61. The second-order valence-electron chi connectivity index (χ2n) is 6.36. The Bertz CT molecular complexity index is 345. The minimum Gasteiger partial charge on any atom is -0.298 e. The highest BCUT2D eigenvalue weighted by atomic mass is 35.5. The van der Waals surface area contributed by atoms with Crippen molar-refractivity contribution in [3.63, 3.8) is 0 Å². The Morgan fingerprint density at radius 3 is 2.60 bits per heavy atom. The van der Waals surface area contributed by atoms with Crippen molar-refractivity contribution in [3.05, 3.63) is 0 Å². The molecule has 0 aromatic carbocycles. The van der Waals surface area contributed by atoms with Gasteiger partial charge in [0.1, 0.15) is 6.29 Å². The van der Waals surface area contributed by atoms with Crippen LogP contribution < -0.4 is 21.4 Å². The highest BCUT2D eigenvalue weighted by molar-refractivity contribution is 6.30. The van der Waals surface area contributed by atoms with E-state index in [4.69, 9.17) is 23.2 Å². The molecule has 0 aromatic rings. The lowest BCUT2D eigenvalue weighted by molar-refractivity contribution is 0.0106. The van der Waals surface area contributed by atoms with Crippen molar-refractivity contribution in [1.82, 2.24) is 26.4 Å². The standard InChI is InChI=1S/C13H25Cl2N5/c1-7-5-12(20-13(16-7)17-8(2)19-20)18-9-3-4-10(14)11(15)6-9/h7-13,16-19H,3-6H2,1-2H3. The van der Waals surface area contributed by atoms with Crippen molar-refractivity contribution in [2.75, 3.05) is 0 Å². The van der Waals surface area contributed by atoms with Crippen LogP contribution in [0.5, 0.6) is 0 Å². The Kier molecular flexibility index (Phi) is 4.77. The SMILES string of the molecule is CC1CC(NC2CCC(Cl)C(Cl)C2)N2NC(C)NC2N1. The molecule has 7 atom stereocenters. The second-order valence-corrected chi connectivity index (χ2v) is 7.48. The Hall–Kier alpha value is 0.380. The second kappa shape index (κ2) is 6.24. The van der Waals surface area contributed by atoms with Crippen molar-refractivity contribution < 1.29 is 0 Å². The maximum atomic E-state index is 6.32. The van der Waals surface area contributed by atoms with Gasteiger partial charge in [0.2, 0.25) is 0 Å². The summed E-state index contributed by atoms with van der Waals surface area (Å²) in [6, 6.07) is 0.950. The van der Waals surface area contributed by atoms with Gasteiger partial charge >= 0.3 is 0 Å². The number of hydrogen-bond acceptors (Lipinski definition) is 5. The first-order chi connectivity index (χ1) is 9.52. The number of fused-ring (bicyclic) bond motifs is 1. The third-order valence-electron chi connectivity index (χ3n) is 4.50. The molecule has 3 rings (SSSR count). The van der Waals surface area contributed by atoms with Gasteiger partial charge in [-0.1, -0.05) is 0 Å². The average Bonchev–Trinajstić information content (AvgIpc) is 2.74. The number of hydrogen-bond donors (Lipinski definition) is 4. The zero-order chi connectivity index (χ0) is 14.3. The highest BCUT2D eigenvalue weighted by Crippen LogP contribution is 2.29. The van der Waals surface area contributed by atoms with E-state index in [2.05, 4.69) is 40.2 Å². The molecule has 20 heavy (non-hydrogen) atoms. The van der Waals surface area contributed by atoms with Gasteiger partial charge in [-0.3, -0.25) is 16.0 Å². The van der Waals surface area contributed by atoms with Gasteiger partial charge in [0.15, 0.2) is 0 Å². The van der Waals surface area contributed by atoms with Crippen LogP contribution in [0.1, 0.15) is 39.5 Å². The van der Waals surface area contributed by atoms with Crippen LogP contribution >= 0.6 is 23.2 Å². The number of nitrogens with one attached hydrogen (secondary N) is 4. The molecule has 2 aliphatic heterocycles. The molecule has 3 aliphatic rings. The molecule has 4 N–H and O–H groups in total. The summed E-state index contributed by atoms with van der Waals surface area (Å²) < 4.78 is 0. The maximum absolute atomic E-state index is 6.32. The van der Waals surface area contributed by atoms with E-state index in [-0.39, 0.29) is 17.0 Å². The van der Waals surface area contributed by atoms with Crippen molar-refractivity contribution in [2.45, 2.75) is 81.0 Å². The van der Waals surface area contributed by atoms with Crippen molar-refractivity contribution in [1.29, 1.82) is 0 Å². The van der Waals surface area contributed by atoms with Gasteiger partial charge in [0.05, 0.1) is 23.1 Å². The third kappa shape index (κ3) is 3.24. The van der Waals surface area contributed by atoms with Gasteiger partial charge in [-0.2, -0.15) is 5.01 Å². The average molecular weight is 322 g/mol. The van der Waals surface area contributed by atoms with Gasteiger partial charge in [-0.15, -0.1) is 23.2 Å². The fraction of sp³-hybridized carbons (Fsp3) is 1.00. The van der Waals surface area contributed by atoms with Gasteiger partial charge in [0, 0.05) is 12.1 Å². The number of rotatable bonds is 2. The molecule has 0 bridgehead atoms. The molecule has 0 radical (unpaired) electrons. The Labute approximate surface area is 131 Å². The van der Waals surface area contributed by atoms with Gasteiger partial charge in [-0.25, -0.2) is 5.43 Å². The summed E-state index contributed by atoms with van der Waals surface area (Å²) in [7, 11) is 0. The van der Waals surface area contributed by atoms with Crippen molar-refractivity contribution in [3.8, 4) is 0 Å². The Morgan fingerprint density at radius 1 is 1.05 bits per heavy atom. The molecule has 0 amide bonds. The first-order valence-corrected chi connectivity index (χ1v) is 8.51. The van der Waals surface area contributed by atoms with E-state index in [1.165, 1.54) is 0 Å². The third-order valence-corrected chi connectivity index (χ3v) is 5.64. The molecule has 1 aliphatic carbocycles. The molecule has 3 fully saturated rings. The molecule has 7 heteroatoms. The van der Waals surface area contributed by atoms with Crippen LogP contribution in [0.2, 0.25) is 0 Å². The minimum absolute atomic E-state index is 0.0847. The van der Waals surface area contributed by atoms with E-state index in [9.17, 15) is 0 Å². The van der Waals surface area contributed by atoms with Crippen molar-refractivity contribution in [2.24, 2.45) is 0 Å². The molecule has 0 spiro atoms. The molecular formula is C13H25Cl2N5. The smallest absolute Gasteiger partial charge is 0.130 e. The quantitative estimate of drug-likeness (QED) is 0.574. The maximum Gasteiger partial charge on any atom is 0.130 e. The van der Waals surface area contributed by atoms with Crippen LogP contribution in [0, 0.1) is 0 Å². The van der Waals surface area contributed by atoms with E-state index >= 15 is 0 Å². The molecular weight excluding hydrogens is 297 g/mol. The largest absolute Gasteiger partial charge is 0.298 e. The lowest BCUT2D eigenvalue weighted by atomic mass is 9.94. The molecule has 1 saturated carbocycles. The lowest BCUT2D eigenvalue weighted by Crippen LogP contribution is -2.67. The summed E-state index contributed by atoms with van der Waals surface area (Å²) in [6.45, 7) is 4.37. The van der Waals surface area contributed by atoms with Crippen LogP contribution in [-0.4, -0.2) is 46.5 Å². The van der Waals surface area contributed by atoms with Crippen LogP contribution in [0.4, 0.5) is 0 Å². The van der Waals surface area contributed by atoms with Crippen molar-refractivity contribution >= 4 is 23.2 Å². The highest BCUT2D eigenvalue weighted by Gasteiger charge is 2.40. The van der Waals surface area contributed by atoms with E-state index < -0.39 is 0 Å². The normalized spacial score (nSPS) is 50.1. The van der Waals surface area contributed by atoms with Crippen LogP contribution in [0.15, 0.2) is 0 Å². The number of hydrazine groups is 1. The van der Waals surface area contributed by atoms with Gasteiger partial charge in [0.25, 0.3) is 0 Å². The number of nitrogens with zero attached hydrogens (tertiary/aromatic N) is 1. The van der Waals surface area contributed by atoms with E-state index in [0.29, 0.717) is 24.4 Å². The van der Waals surface area contributed by atoms with Gasteiger partial charge in [-0.05, 0) is 39.5 Å². The number of alkyl halides is 2. The minimum atomic E-state index is 0.0847. The molecule has 7 unspecified atom stereocenters. The fourth-order valence-corrected chi connectivity index (χ4v) is 4.06. The van der Waals surface area contributed by atoms with E-state index in [0.717, 1.165) is 25.7 Å². The molecule has 5 nitrogen and oxygen atoms in total. The molecule has 116 valence electrons. The topological polar surface area (TPSA) is 51.4 Å². The summed E-state index contributed by atoms with van der Waals surface area (Å²) in [5.41, 5.74) is 3.47. The lowest BCUT2D eigenvalue weighted by Gasteiger charge is -2.43. The van der Waals surface area contributed by atoms with Gasteiger partial charge < -0.3 is 0 Å². The molecule has 2 saturated heterocycles. The summed E-state index contributed by atoms with van der Waals surface area (Å²) >= 11 is 12.5. The predicted molar refractivity (Wildman–Crippen MR) is 82.4 cm³/mol. The molecule has 0 aromatic heterocycles. The molecule has 2 heterocycles. The predicted octanol–water partition coefficient (Wildman–Crippen LogP) is 1.09. The number of halogens is 2. The fourth-order valence-electron chi connectivity index (χ4n) is 3.49. The van der Waals surface area contributed by atoms with Crippen LogP contribution in [0.25, 0.3) is 0 Å². The monoisotopic (exact) mass is 321 g/mol. The first-order valence-electron chi connectivity index (χ1n) is 7.63. The summed E-state index contributed by atoms with van der Waals surface area (Å²) in [4.78, 5) is 0. The van der Waals surface area contributed by atoms with E-state index in [1.54, 1.807) is 0 Å². The first kappa shape index (κ1) is 15.3. The Morgan fingerprint density at radius 2 is 1.85 bits per heavy atom. The summed E-state index contributed by atoms with van der Waals surface area (Å²) in [5.74, 6) is 0. The summed E-state index contributed by atoms with van der Waals surface area (Å²) in [5, 5.41) is 13.3. The zero-order valence-electron chi connectivity index (χ0n) is 12.1. The van der Waals surface area contributed by atoms with E-state index in [1.807, 2.05) is 0 Å². The summed E-state index contributed by atoms with van der Waals surface area (Å²) in [6.07, 6.45) is 4.95. The van der Waals surface area contributed by atoms with Crippen LogP contribution in [-0.2, 0) is 0 Å². The van der Waals surface area contributed by atoms with Crippen LogP contribution in [0.3, 0.4) is 0 Å². The zero-order valence-corrected chi connectivity index (χ0v) is 13.6.